The Kier molecular flexibility index (Phi) is 4.39. The summed E-state index contributed by atoms with van der Waals surface area (Å²) in [5.41, 5.74) is 2.85. The SMILES string of the molecule is CCn1c2c(c3ssc(=O)c31)S[C@](OC)(c1ccccc1)SC2=S. The lowest BCUT2D eigenvalue weighted by molar-refractivity contribution is 0.147. The molecule has 0 unspecified atom stereocenters. The van der Waals surface area contributed by atoms with Crippen LogP contribution in [0, 0.1) is 0 Å². The average Bonchev–Trinajstić information content (AvgIpc) is 3.14. The number of fused-ring (bicyclic) bond motifs is 3. The van der Waals surface area contributed by atoms with Crippen LogP contribution in [0.5, 0.6) is 0 Å². The number of aromatic nitrogens is 1. The topological polar surface area (TPSA) is 31.2 Å². The predicted molar refractivity (Wildman–Crippen MR) is 110 cm³/mol. The monoisotopic (exact) mass is 411 g/mol. The van der Waals surface area contributed by atoms with Gasteiger partial charge in [-0.3, -0.25) is 4.79 Å². The van der Waals surface area contributed by atoms with E-state index >= 15 is 0 Å². The third-order valence-corrected chi connectivity index (χ3v) is 9.53. The summed E-state index contributed by atoms with van der Waals surface area (Å²) in [7, 11) is 4.54. The van der Waals surface area contributed by atoms with Crippen molar-refractivity contribution in [3.05, 3.63) is 51.1 Å². The minimum absolute atomic E-state index is 0.113. The van der Waals surface area contributed by atoms with Crippen LogP contribution in [-0.2, 0) is 15.5 Å². The summed E-state index contributed by atoms with van der Waals surface area (Å²) in [4.78, 5) is 13.4. The van der Waals surface area contributed by atoms with Crippen LogP contribution in [0.1, 0.15) is 18.2 Å². The van der Waals surface area contributed by atoms with E-state index in [1.807, 2.05) is 18.2 Å². The van der Waals surface area contributed by atoms with E-state index in [0.29, 0.717) is 0 Å². The van der Waals surface area contributed by atoms with Crippen LogP contribution in [0.4, 0.5) is 0 Å². The van der Waals surface area contributed by atoms with E-state index in [0.717, 1.165) is 37.1 Å². The van der Waals surface area contributed by atoms with Gasteiger partial charge in [0.15, 0.2) is 4.27 Å². The second-order valence-electron chi connectivity index (χ2n) is 5.17. The molecule has 2 aromatic heterocycles. The van der Waals surface area contributed by atoms with Crippen molar-refractivity contribution >= 4 is 70.8 Å². The smallest absolute Gasteiger partial charge is 0.267 e. The second kappa shape index (κ2) is 6.26. The molecule has 0 radical (unpaired) electrons. The quantitative estimate of drug-likeness (QED) is 0.441. The Morgan fingerprint density at radius 3 is 2.62 bits per heavy atom. The van der Waals surface area contributed by atoms with Crippen molar-refractivity contribution in [2.24, 2.45) is 0 Å². The molecule has 0 spiro atoms. The summed E-state index contributed by atoms with van der Waals surface area (Å²) in [6, 6.07) is 10.1. The maximum Gasteiger partial charge on any atom is 0.267 e. The fraction of sp³-hybridized carbons (Fsp3) is 0.250. The minimum atomic E-state index is -0.615. The molecule has 3 heterocycles. The van der Waals surface area contributed by atoms with Gasteiger partial charge in [0.05, 0.1) is 19.5 Å². The van der Waals surface area contributed by atoms with Crippen molar-refractivity contribution in [2.45, 2.75) is 22.6 Å². The molecule has 3 aromatic rings. The van der Waals surface area contributed by atoms with Gasteiger partial charge < -0.3 is 9.30 Å². The maximum atomic E-state index is 12.3. The van der Waals surface area contributed by atoms with Gasteiger partial charge in [0, 0.05) is 19.2 Å². The molecule has 24 heavy (non-hydrogen) atoms. The van der Waals surface area contributed by atoms with Gasteiger partial charge in [-0.2, -0.15) is 0 Å². The molecule has 0 saturated carbocycles. The standard InChI is InChI=1S/C16H13NO2S5/c1-3-17-10-13(23-24-14(10)18)12-11(17)15(20)22-16(19-2,21-12)9-7-5-4-6-8-9/h4-8H,3H2,1-2H3/t16-/m1/s1. The molecule has 0 amide bonds. The molecule has 3 nitrogen and oxygen atoms in total. The van der Waals surface area contributed by atoms with Crippen molar-refractivity contribution in [2.75, 3.05) is 7.11 Å². The van der Waals surface area contributed by atoms with Crippen LogP contribution < -0.4 is 4.74 Å². The van der Waals surface area contributed by atoms with Crippen molar-refractivity contribution in [1.29, 1.82) is 0 Å². The summed E-state index contributed by atoms with van der Waals surface area (Å²) in [5, 5.41) is 0. The molecule has 1 atom stereocenters. The normalized spacial score (nSPS) is 20.5. The highest BCUT2D eigenvalue weighted by atomic mass is 32.9. The molecular formula is C16H13NO2S5. The zero-order valence-corrected chi connectivity index (χ0v) is 17.0. The van der Waals surface area contributed by atoms with Crippen LogP contribution in [0.15, 0.2) is 40.0 Å². The summed E-state index contributed by atoms with van der Waals surface area (Å²) < 4.78 is 9.33. The van der Waals surface area contributed by atoms with E-state index in [1.165, 1.54) is 20.7 Å². The highest BCUT2D eigenvalue weighted by Crippen LogP contribution is 2.59. The molecular weight excluding hydrogens is 399 g/mol. The Balaban J connectivity index is 1.98. The third-order valence-electron chi connectivity index (χ3n) is 3.94. The summed E-state index contributed by atoms with van der Waals surface area (Å²) in [6.07, 6.45) is 0. The molecule has 1 aromatic carbocycles. The van der Waals surface area contributed by atoms with E-state index in [9.17, 15) is 4.79 Å². The van der Waals surface area contributed by atoms with Gasteiger partial charge in [0.1, 0.15) is 5.52 Å². The molecule has 0 fully saturated rings. The second-order valence-corrected chi connectivity index (χ2v) is 10.6. The van der Waals surface area contributed by atoms with Crippen LogP contribution in [0.2, 0.25) is 0 Å². The number of benzene rings is 1. The van der Waals surface area contributed by atoms with E-state index in [-0.39, 0.29) is 4.74 Å². The van der Waals surface area contributed by atoms with Crippen LogP contribution >= 0.6 is 56.4 Å². The number of thiocarbonyl (C=S) groups is 1. The maximum absolute atomic E-state index is 12.3. The molecule has 124 valence electrons. The molecule has 0 bridgehead atoms. The highest BCUT2D eigenvalue weighted by molar-refractivity contribution is 8.31. The molecule has 1 aliphatic rings. The predicted octanol–water partition coefficient (Wildman–Crippen LogP) is 5.12. The summed E-state index contributed by atoms with van der Waals surface area (Å²) in [5.74, 6) is 0. The van der Waals surface area contributed by atoms with Crippen molar-refractivity contribution in [3.63, 3.8) is 0 Å². The number of thioether (sulfide) groups is 2. The largest absolute Gasteiger partial charge is 0.353 e. The number of aryl methyl sites for hydroxylation is 1. The molecule has 0 aliphatic carbocycles. The molecule has 4 rings (SSSR count). The first-order valence-electron chi connectivity index (χ1n) is 7.29. The lowest BCUT2D eigenvalue weighted by Gasteiger charge is -2.35. The van der Waals surface area contributed by atoms with Gasteiger partial charge in [0.25, 0.3) is 4.74 Å². The van der Waals surface area contributed by atoms with E-state index in [4.69, 9.17) is 17.0 Å². The van der Waals surface area contributed by atoms with Gasteiger partial charge >= 0.3 is 0 Å². The number of hydrogen-bond acceptors (Lipinski definition) is 7. The van der Waals surface area contributed by atoms with Gasteiger partial charge in [-0.25, -0.2) is 0 Å². The Morgan fingerprint density at radius 2 is 1.96 bits per heavy atom. The molecule has 8 heteroatoms. The van der Waals surface area contributed by atoms with Gasteiger partial charge in [-0.1, -0.05) is 76.4 Å². The minimum Gasteiger partial charge on any atom is -0.353 e. The number of ether oxygens (including phenoxy) is 1. The fourth-order valence-electron chi connectivity index (χ4n) is 2.87. The van der Waals surface area contributed by atoms with Crippen molar-refractivity contribution in [1.82, 2.24) is 4.57 Å². The lowest BCUT2D eigenvalue weighted by atomic mass is 10.2. The van der Waals surface area contributed by atoms with E-state index < -0.39 is 4.27 Å². The Hall–Kier alpha value is -0.640. The van der Waals surface area contributed by atoms with Gasteiger partial charge in [-0.05, 0) is 17.3 Å². The van der Waals surface area contributed by atoms with E-state index in [1.54, 1.807) is 30.6 Å². The number of methoxy groups -OCH3 is 1. The molecule has 1 aliphatic heterocycles. The van der Waals surface area contributed by atoms with Gasteiger partial charge in [-0.15, -0.1) is 0 Å². The van der Waals surface area contributed by atoms with Gasteiger partial charge in [0.2, 0.25) is 0 Å². The number of nitrogens with zero attached hydrogens (tertiary/aromatic N) is 1. The Morgan fingerprint density at radius 1 is 1.21 bits per heavy atom. The zero-order chi connectivity index (χ0) is 16.9. The average molecular weight is 412 g/mol. The van der Waals surface area contributed by atoms with Crippen LogP contribution in [-0.4, -0.2) is 15.9 Å². The molecule has 0 saturated heterocycles. The number of hydrogen-bond donors (Lipinski definition) is 0. The first kappa shape index (κ1) is 16.8. The summed E-state index contributed by atoms with van der Waals surface area (Å²) >= 11 is 8.93. The Labute approximate surface area is 160 Å². The first-order chi connectivity index (χ1) is 11.6. The van der Waals surface area contributed by atoms with E-state index in [2.05, 4.69) is 23.6 Å². The molecule has 0 N–H and O–H groups in total. The first-order valence-corrected chi connectivity index (χ1v) is 11.5. The fourth-order valence-corrected chi connectivity index (χ4v) is 8.96. The lowest BCUT2D eigenvalue weighted by Crippen LogP contribution is -2.26. The van der Waals surface area contributed by atoms with Crippen molar-refractivity contribution < 1.29 is 4.74 Å². The third kappa shape index (κ3) is 2.35. The number of rotatable bonds is 3. The van der Waals surface area contributed by atoms with Crippen molar-refractivity contribution in [3.8, 4) is 0 Å². The summed E-state index contributed by atoms with van der Waals surface area (Å²) in [6.45, 7) is 2.78. The zero-order valence-electron chi connectivity index (χ0n) is 12.9. The van der Waals surface area contributed by atoms with Crippen LogP contribution in [0.3, 0.4) is 0 Å². The highest BCUT2D eigenvalue weighted by Gasteiger charge is 2.44. The van der Waals surface area contributed by atoms with Crippen LogP contribution in [0.25, 0.3) is 10.2 Å². The Bertz CT molecular complexity index is 987.